The second-order valence-electron chi connectivity index (χ2n) is 9.96. The van der Waals surface area contributed by atoms with E-state index < -0.39 is 0 Å². The van der Waals surface area contributed by atoms with Crippen LogP contribution < -0.4 is 4.90 Å². The number of aromatic hydroxyl groups is 1. The molecular weight excluding hydrogens is 432 g/mol. The van der Waals surface area contributed by atoms with Crippen LogP contribution in [-0.4, -0.2) is 49.0 Å². The predicted molar refractivity (Wildman–Crippen MR) is 147 cm³/mol. The Hall–Kier alpha value is -2.85. The molecule has 35 heavy (non-hydrogen) atoms. The Kier molecular flexibility index (Phi) is 10.6. The lowest BCUT2D eigenvalue weighted by atomic mass is 9.80. The number of phenols is 1. The molecule has 2 aromatic carbocycles. The van der Waals surface area contributed by atoms with E-state index in [-0.39, 0.29) is 0 Å². The van der Waals surface area contributed by atoms with Crippen LogP contribution in [0.5, 0.6) is 5.75 Å². The molecule has 0 bridgehead atoms. The van der Waals surface area contributed by atoms with Crippen molar-refractivity contribution in [3.63, 3.8) is 0 Å². The van der Waals surface area contributed by atoms with E-state index in [9.17, 15) is 9.90 Å². The van der Waals surface area contributed by atoms with Crippen molar-refractivity contribution in [1.82, 2.24) is 4.90 Å². The number of allylic oxidation sites excluding steroid dienone is 2. The van der Waals surface area contributed by atoms with Crippen LogP contribution in [-0.2, 0) is 17.6 Å². The van der Waals surface area contributed by atoms with Crippen molar-refractivity contribution in [2.45, 2.75) is 51.4 Å². The van der Waals surface area contributed by atoms with Gasteiger partial charge in [0.25, 0.3) is 0 Å². The summed E-state index contributed by atoms with van der Waals surface area (Å²) in [7, 11) is 0. The maximum Gasteiger partial charge on any atom is 0.133 e. The summed E-state index contributed by atoms with van der Waals surface area (Å²) in [6, 6.07) is 16.5. The monoisotopic (exact) mass is 474 g/mol. The molecule has 4 nitrogen and oxygen atoms in total. The van der Waals surface area contributed by atoms with Crippen LogP contribution in [0.3, 0.4) is 0 Å². The van der Waals surface area contributed by atoms with E-state index in [1.54, 1.807) is 18.2 Å². The number of fused-ring (bicyclic) bond motifs is 1. The number of nitrogens with zero attached hydrogens (tertiary/aromatic N) is 2. The third-order valence-corrected chi connectivity index (χ3v) is 7.53. The molecule has 2 fully saturated rings. The number of carbonyl (C=O) groups is 1. The van der Waals surface area contributed by atoms with E-state index in [4.69, 9.17) is 0 Å². The number of hydrogen-bond acceptors (Lipinski definition) is 4. The van der Waals surface area contributed by atoms with Crippen LogP contribution in [0.25, 0.3) is 0 Å². The van der Waals surface area contributed by atoms with Gasteiger partial charge >= 0.3 is 0 Å². The van der Waals surface area contributed by atoms with Gasteiger partial charge in [0.15, 0.2) is 0 Å². The number of rotatable bonds is 4. The number of phenolic OH excluding ortho intramolecular Hbond substituents is 1. The van der Waals surface area contributed by atoms with Crippen molar-refractivity contribution in [1.29, 1.82) is 0 Å². The number of para-hydroxylation sites is 1. The summed E-state index contributed by atoms with van der Waals surface area (Å²) in [5.41, 5.74) is 4.61. The van der Waals surface area contributed by atoms with Crippen LogP contribution in [0.2, 0.25) is 0 Å². The van der Waals surface area contributed by atoms with Gasteiger partial charge in [-0.25, -0.2) is 0 Å². The minimum Gasteiger partial charge on any atom is -0.508 e. The van der Waals surface area contributed by atoms with Gasteiger partial charge in [0, 0.05) is 18.8 Å². The summed E-state index contributed by atoms with van der Waals surface area (Å²) in [6.45, 7) is 11.9. The highest BCUT2D eigenvalue weighted by atomic mass is 16.3. The fourth-order valence-corrected chi connectivity index (χ4v) is 5.52. The lowest BCUT2D eigenvalue weighted by Crippen LogP contribution is -2.30. The maximum atomic E-state index is 10.7. The molecule has 1 aliphatic carbocycles. The molecule has 0 saturated carbocycles. The Bertz CT molecular complexity index is 936. The normalized spacial score (nSPS) is 21.4. The van der Waals surface area contributed by atoms with Crippen molar-refractivity contribution in [3.05, 3.63) is 85.0 Å². The lowest BCUT2D eigenvalue weighted by Gasteiger charge is -2.28. The molecule has 0 radical (unpaired) electrons. The second-order valence-corrected chi connectivity index (χ2v) is 9.96. The maximum absolute atomic E-state index is 10.7. The van der Waals surface area contributed by atoms with E-state index in [0.29, 0.717) is 17.7 Å². The quantitative estimate of drug-likeness (QED) is 0.423. The highest BCUT2D eigenvalue weighted by Crippen LogP contribution is 2.41. The molecule has 1 unspecified atom stereocenters. The Morgan fingerprint density at radius 1 is 0.857 bits per heavy atom. The van der Waals surface area contributed by atoms with Gasteiger partial charge in [0.05, 0.1) is 6.54 Å². The number of likely N-dealkylation sites (tertiary alicyclic amines) is 1. The summed E-state index contributed by atoms with van der Waals surface area (Å²) in [4.78, 5) is 15.5. The summed E-state index contributed by atoms with van der Waals surface area (Å²) < 4.78 is 0. The van der Waals surface area contributed by atoms with Gasteiger partial charge in [-0.3, -0.25) is 4.90 Å². The molecule has 2 saturated heterocycles. The number of aldehydes is 1. The number of benzene rings is 2. The zero-order valence-electron chi connectivity index (χ0n) is 21.2. The molecular formula is C31H42N2O2. The lowest BCUT2D eigenvalue weighted by molar-refractivity contribution is -0.108. The molecule has 0 aromatic heterocycles. The molecule has 2 aromatic rings. The van der Waals surface area contributed by atoms with E-state index >= 15 is 0 Å². The average molecular weight is 475 g/mol. The third-order valence-electron chi connectivity index (χ3n) is 7.53. The van der Waals surface area contributed by atoms with E-state index in [0.717, 1.165) is 25.8 Å². The van der Waals surface area contributed by atoms with Gasteiger partial charge in [-0.2, -0.15) is 0 Å². The third kappa shape index (κ3) is 8.10. The minimum absolute atomic E-state index is 0.408. The zero-order valence-corrected chi connectivity index (χ0v) is 21.2. The molecule has 3 aliphatic rings. The van der Waals surface area contributed by atoms with Crippen molar-refractivity contribution >= 4 is 12.0 Å². The van der Waals surface area contributed by atoms with E-state index in [1.165, 1.54) is 74.8 Å². The second kappa shape index (κ2) is 13.9. The van der Waals surface area contributed by atoms with Gasteiger partial charge in [-0.15, -0.1) is 0 Å². The largest absolute Gasteiger partial charge is 0.508 e. The molecule has 0 amide bonds. The predicted octanol–water partition coefficient (Wildman–Crippen LogP) is 6.20. The van der Waals surface area contributed by atoms with Gasteiger partial charge in [-0.1, -0.05) is 49.6 Å². The SMILES string of the molecule is C=CC=C.O=CCN1CCCC2(CC1)CCN(c1ccccc1)C2.Oc1ccc2c(c1)CCCC2. The fourth-order valence-electron chi connectivity index (χ4n) is 5.52. The molecule has 188 valence electrons. The Morgan fingerprint density at radius 2 is 1.57 bits per heavy atom. The first-order chi connectivity index (χ1) is 17.1. The first-order valence-corrected chi connectivity index (χ1v) is 13.1. The first-order valence-electron chi connectivity index (χ1n) is 13.1. The number of carbonyl (C=O) groups excluding carboxylic acids is 1. The Morgan fingerprint density at radius 3 is 2.29 bits per heavy atom. The van der Waals surface area contributed by atoms with Crippen molar-refractivity contribution in [2.24, 2.45) is 5.41 Å². The molecule has 5 rings (SSSR count). The van der Waals surface area contributed by atoms with Crippen LogP contribution in [0, 0.1) is 5.41 Å². The topological polar surface area (TPSA) is 43.8 Å². The summed E-state index contributed by atoms with van der Waals surface area (Å²) in [5.74, 6) is 0.408. The van der Waals surface area contributed by atoms with Crippen LogP contribution in [0.1, 0.15) is 49.7 Å². The smallest absolute Gasteiger partial charge is 0.133 e. The Labute approximate surface area is 212 Å². The van der Waals surface area contributed by atoms with Crippen LogP contribution in [0.15, 0.2) is 73.8 Å². The van der Waals surface area contributed by atoms with Crippen molar-refractivity contribution in [2.75, 3.05) is 37.6 Å². The molecule has 2 heterocycles. The molecule has 2 aliphatic heterocycles. The summed E-state index contributed by atoms with van der Waals surface area (Å²) in [6.07, 6.45) is 14.3. The molecule has 1 N–H and O–H groups in total. The van der Waals surface area contributed by atoms with Crippen LogP contribution in [0.4, 0.5) is 5.69 Å². The first kappa shape index (κ1) is 26.7. The molecule has 4 heteroatoms. The van der Waals surface area contributed by atoms with Gasteiger partial charge < -0.3 is 14.8 Å². The van der Waals surface area contributed by atoms with Gasteiger partial charge in [-0.05, 0) is 105 Å². The molecule has 1 atom stereocenters. The van der Waals surface area contributed by atoms with E-state index in [2.05, 4.69) is 53.3 Å². The van der Waals surface area contributed by atoms with Crippen LogP contribution >= 0.6 is 0 Å². The van der Waals surface area contributed by atoms with Crippen molar-refractivity contribution < 1.29 is 9.90 Å². The highest BCUT2D eigenvalue weighted by Gasteiger charge is 2.39. The summed E-state index contributed by atoms with van der Waals surface area (Å²) >= 11 is 0. The Balaban J connectivity index is 0.000000191. The highest BCUT2D eigenvalue weighted by molar-refractivity contribution is 5.52. The zero-order chi connectivity index (χ0) is 24.9. The van der Waals surface area contributed by atoms with Gasteiger partial charge in [0.2, 0.25) is 0 Å². The number of anilines is 1. The average Bonchev–Trinajstić information content (AvgIpc) is 3.22. The number of aryl methyl sites for hydroxylation is 2. The van der Waals surface area contributed by atoms with Gasteiger partial charge in [0.1, 0.15) is 12.0 Å². The number of hydrogen-bond donors (Lipinski definition) is 1. The van der Waals surface area contributed by atoms with Crippen molar-refractivity contribution in [3.8, 4) is 5.75 Å². The summed E-state index contributed by atoms with van der Waals surface area (Å²) in [5, 5.41) is 9.19. The standard InChI is InChI=1S/C17H24N2O.C10H12O.C4H6/c20-14-13-18-10-4-7-17(8-11-18)9-12-19(15-17)16-5-2-1-3-6-16;11-10-6-5-8-3-1-2-4-9(8)7-10;1-3-4-2/h1-3,5-6,14H,4,7-13,15H2;5-7,11H,1-4H2;3-4H,1-2H2. The molecule has 1 spiro atoms. The fraction of sp³-hybridized carbons (Fsp3) is 0.452. The van der Waals surface area contributed by atoms with E-state index in [1.807, 2.05) is 12.1 Å². The minimum atomic E-state index is 0.408.